The molecule has 0 bridgehead atoms. The number of benzene rings is 1. The largest absolute Gasteiger partial charge is 0.479 e. The molecule has 0 amide bonds. The van der Waals surface area contributed by atoms with E-state index >= 15 is 0 Å². The van der Waals surface area contributed by atoms with Crippen molar-refractivity contribution in [1.82, 2.24) is 0 Å². The van der Waals surface area contributed by atoms with Gasteiger partial charge in [0.05, 0.1) is 0 Å². The van der Waals surface area contributed by atoms with Crippen LogP contribution in [0.3, 0.4) is 0 Å². The van der Waals surface area contributed by atoms with Crippen molar-refractivity contribution in [3.8, 4) is 11.8 Å². The molecule has 0 spiro atoms. The van der Waals surface area contributed by atoms with Crippen molar-refractivity contribution in [3.05, 3.63) is 29.8 Å². The van der Waals surface area contributed by atoms with E-state index in [1.807, 2.05) is 30.3 Å². The smallest absolute Gasteiger partial charge is 0.174 e. The topological polar surface area (TPSA) is 33.0 Å². The lowest BCUT2D eigenvalue weighted by Gasteiger charge is -2.06. The summed E-state index contributed by atoms with van der Waals surface area (Å²) in [6.45, 7) is 4.40. The van der Waals surface area contributed by atoms with Crippen LogP contribution in [0.1, 0.15) is 25.3 Å². The molecule has 0 saturated carbocycles. The van der Waals surface area contributed by atoms with Gasteiger partial charge in [-0.15, -0.1) is 0 Å². The molecule has 0 atom stereocenters. The molecule has 68 valence electrons. The monoisotopic (exact) mass is 175 g/mol. The van der Waals surface area contributed by atoms with Crippen LogP contribution in [-0.2, 0) is 0 Å². The van der Waals surface area contributed by atoms with Crippen molar-refractivity contribution < 1.29 is 4.74 Å². The third-order valence-corrected chi connectivity index (χ3v) is 1.85. The Kier molecular flexibility index (Phi) is 3.33. The first kappa shape index (κ1) is 9.60. The van der Waals surface area contributed by atoms with Crippen molar-refractivity contribution >= 4 is 0 Å². The molecule has 2 heteroatoms. The molecular weight excluding hydrogens is 162 g/mol. The van der Waals surface area contributed by atoms with Crippen LogP contribution < -0.4 is 4.74 Å². The molecule has 1 rings (SSSR count). The molecule has 0 aliphatic heterocycles. The van der Waals surface area contributed by atoms with Gasteiger partial charge >= 0.3 is 0 Å². The molecule has 1 aromatic rings. The van der Waals surface area contributed by atoms with E-state index in [0.29, 0.717) is 5.92 Å². The number of hydrogen-bond acceptors (Lipinski definition) is 2. The normalized spacial score (nSPS) is 9.69. The van der Waals surface area contributed by atoms with Gasteiger partial charge in [-0.05, 0) is 23.6 Å². The summed E-state index contributed by atoms with van der Waals surface area (Å²) >= 11 is 0. The summed E-state index contributed by atoms with van der Waals surface area (Å²) in [5.41, 5.74) is 1.28. The first-order valence-corrected chi connectivity index (χ1v) is 4.33. The van der Waals surface area contributed by atoms with Gasteiger partial charge in [0.2, 0.25) is 0 Å². The molecule has 0 heterocycles. The molecule has 0 saturated heterocycles. The highest BCUT2D eigenvalue weighted by Gasteiger charge is 1.98. The summed E-state index contributed by atoms with van der Waals surface area (Å²) in [4.78, 5) is 0. The lowest BCUT2D eigenvalue weighted by Crippen LogP contribution is -1.93. The lowest BCUT2D eigenvalue weighted by atomic mass is 10.0. The van der Waals surface area contributed by atoms with E-state index in [1.165, 1.54) is 5.56 Å². The van der Waals surface area contributed by atoms with Gasteiger partial charge < -0.3 is 4.74 Å². The van der Waals surface area contributed by atoms with E-state index in [1.54, 1.807) is 0 Å². The fourth-order valence-corrected chi connectivity index (χ4v) is 1.06. The van der Waals surface area contributed by atoms with Gasteiger partial charge in [-0.2, -0.15) is 5.26 Å². The summed E-state index contributed by atoms with van der Waals surface area (Å²) in [5, 5.41) is 8.30. The van der Waals surface area contributed by atoms with Gasteiger partial charge in [0.25, 0.3) is 0 Å². The van der Waals surface area contributed by atoms with Crippen LogP contribution in [-0.4, -0.2) is 6.61 Å². The molecule has 0 radical (unpaired) electrons. The maximum atomic E-state index is 8.30. The number of hydrogen-bond donors (Lipinski definition) is 0. The number of ether oxygens (including phenoxy) is 1. The van der Waals surface area contributed by atoms with Crippen LogP contribution >= 0.6 is 0 Å². The average molecular weight is 175 g/mol. The summed E-state index contributed by atoms with van der Waals surface area (Å²) < 4.78 is 5.13. The fraction of sp³-hybridized carbons (Fsp3) is 0.364. The van der Waals surface area contributed by atoms with Crippen LogP contribution in [0.15, 0.2) is 24.3 Å². The Hall–Kier alpha value is -1.49. The number of nitriles is 1. The Morgan fingerprint density at radius 3 is 2.38 bits per heavy atom. The molecule has 1 aromatic carbocycles. The van der Waals surface area contributed by atoms with Gasteiger partial charge in [-0.25, -0.2) is 0 Å². The summed E-state index contributed by atoms with van der Waals surface area (Å²) in [7, 11) is 0. The zero-order chi connectivity index (χ0) is 9.68. The van der Waals surface area contributed by atoms with Crippen molar-refractivity contribution in [3.63, 3.8) is 0 Å². The minimum atomic E-state index is 0.112. The first-order chi connectivity index (χ1) is 6.24. The van der Waals surface area contributed by atoms with Gasteiger partial charge in [-0.1, -0.05) is 26.0 Å². The lowest BCUT2D eigenvalue weighted by molar-refractivity contribution is 0.368. The van der Waals surface area contributed by atoms with Crippen molar-refractivity contribution in [2.24, 2.45) is 0 Å². The Labute approximate surface area is 78.8 Å². The second-order valence-electron chi connectivity index (χ2n) is 3.17. The standard InChI is InChI=1S/C11H13NO/c1-9(2)10-3-5-11(6-4-10)13-8-7-12/h3-6,9H,8H2,1-2H3. The molecule has 0 aromatic heterocycles. The molecule has 0 unspecified atom stereocenters. The van der Waals surface area contributed by atoms with Crippen LogP contribution in [0.2, 0.25) is 0 Å². The van der Waals surface area contributed by atoms with Crippen molar-refractivity contribution in [1.29, 1.82) is 5.26 Å². The number of nitrogens with zero attached hydrogens (tertiary/aromatic N) is 1. The van der Waals surface area contributed by atoms with Gasteiger partial charge in [-0.3, -0.25) is 0 Å². The first-order valence-electron chi connectivity index (χ1n) is 4.33. The Bertz CT molecular complexity index is 295. The third-order valence-electron chi connectivity index (χ3n) is 1.85. The second kappa shape index (κ2) is 4.51. The molecule has 2 nitrogen and oxygen atoms in total. The van der Waals surface area contributed by atoms with Crippen LogP contribution in [0.25, 0.3) is 0 Å². The second-order valence-corrected chi connectivity index (χ2v) is 3.17. The Balaban J connectivity index is 2.65. The fourth-order valence-electron chi connectivity index (χ4n) is 1.06. The Morgan fingerprint density at radius 1 is 1.31 bits per heavy atom. The molecule has 0 aliphatic rings. The van der Waals surface area contributed by atoms with E-state index in [0.717, 1.165) is 5.75 Å². The molecule has 13 heavy (non-hydrogen) atoms. The highest BCUT2D eigenvalue weighted by atomic mass is 16.5. The SMILES string of the molecule is CC(C)c1ccc(OCC#N)cc1. The maximum absolute atomic E-state index is 8.30. The van der Waals surface area contributed by atoms with E-state index in [4.69, 9.17) is 10.00 Å². The van der Waals surface area contributed by atoms with Crippen LogP contribution in [0, 0.1) is 11.3 Å². The molecular formula is C11H13NO. The summed E-state index contributed by atoms with van der Waals surface area (Å²) in [6.07, 6.45) is 0. The maximum Gasteiger partial charge on any atom is 0.174 e. The minimum absolute atomic E-state index is 0.112. The molecule has 0 fully saturated rings. The van der Waals surface area contributed by atoms with Crippen LogP contribution in [0.5, 0.6) is 5.75 Å². The van der Waals surface area contributed by atoms with E-state index in [9.17, 15) is 0 Å². The number of rotatable bonds is 3. The van der Waals surface area contributed by atoms with Gasteiger partial charge in [0.15, 0.2) is 6.61 Å². The Morgan fingerprint density at radius 2 is 1.92 bits per heavy atom. The molecule has 0 aliphatic carbocycles. The van der Waals surface area contributed by atoms with Gasteiger partial charge in [0, 0.05) is 0 Å². The van der Waals surface area contributed by atoms with E-state index < -0.39 is 0 Å². The zero-order valence-corrected chi connectivity index (χ0v) is 7.95. The van der Waals surface area contributed by atoms with Crippen LogP contribution in [0.4, 0.5) is 0 Å². The van der Waals surface area contributed by atoms with E-state index in [-0.39, 0.29) is 6.61 Å². The minimum Gasteiger partial charge on any atom is -0.479 e. The highest BCUT2D eigenvalue weighted by molar-refractivity contribution is 5.28. The van der Waals surface area contributed by atoms with Crippen molar-refractivity contribution in [2.75, 3.05) is 6.61 Å². The highest BCUT2D eigenvalue weighted by Crippen LogP contribution is 2.18. The van der Waals surface area contributed by atoms with E-state index in [2.05, 4.69) is 13.8 Å². The predicted molar refractivity (Wildman–Crippen MR) is 51.6 cm³/mol. The predicted octanol–water partition coefficient (Wildman–Crippen LogP) is 2.71. The van der Waals surface area contributed by atoms with Gasteiger partial charge in [0.1, 0.15) is 11.8 Å². The quantitative estimate of drug-likeness (QED) is 0.707. The molecule has 0 N–H and O–H groups in total. The van der Waals surface area contributed by atoms with Crippen molar-refractivity contribution in [2.45, 2.75) is 19.8 Å². The summed E-state index contributed by atoms with van der Waals surface area (Å²) in [6, 6.07) is 9.77. The summed E-state index contributed by atoms with van der Waals surface area (Å²) in [5.74, 6) is 1.29. The average Bonchev–Trinajstić information content (AvgIpc) is 2.15. The zero-order valence-electron chi connectivity index (χ0n) is 7.95. The third kappa shape index (κ3) is 2.79.